The number of para-hydroxylation sites is 2. The van der Waals surface area contributed by atoms with Crippen molar-refractivity contribution in [2.45, 2.75) is 39.7 Å². The summed E-state index contributed by atoms with van der Waals surface area (Å²) in [5, 5.41) is 5.91. The Bertz CT molecular complexity index is 760. The molecule has 0 saturated heterocycles. The summed E-state index contributed by atoms with van der Waals surface area (Å²) >= 11 is 5.26. The summed E-state index contributed by atoms with van der Waals surface area (Å²) in [4.78, 5) is 12.4. The van der Waals surface area contributed by atoms with Gasteiger partial charge in [0.1, 0.15) is 11.5 Å². The van der Waals surface area contributed by atoms with Gasteiger partial charge in [-0.25, -0.2) is 0 Å². The Morgan fingerprint density at radius 2 is 1.81 bits per heavy atom. The van der Waals surface area contributed by atoms with Gasteiger partial charge in [-0.15, -0.1) is 0 Å². The van der Waals surface area contributed by atoms with Crippen LogP contribution in [0.4, 0.5) is 5.69 Å². The molecule has 144 valence electrons. The smallest absolute Gasteiger partial charge is 0.257 e. The highest BCUT2D eigenvalue weighted by Gasteiger charge is 2.11. The zero-order chi connectivity index (χ0) is 19.6. The topological polar surface area (TPSA) is 59.6 Å². The summed E-state index contributed by atoms with van der Waals surface area (Å²) < 4.78 is 11.3. The maximum Gasteiger partial charge on any atom is 0.257 e. The molecule has 0 heterocycles. The third-order valence-electron chi connectivity index (χ3n) is 3.61. The van der Waals surface area contributed by atoms with Gasteiger partial charge < -0.3 is 14.8 Å². The zero-order valence-electron chi connectivity index (χ0n) is 16.0. The van der Waals surface area contributed by atoms with Crippen LogP contribution in [0.2, 0.25) is 0 Å². The summed E-state index contributed by atoms with van der Waals surface area (Å²) in [6, 6.07) is 14.5. The predicted molar refractivity (Wildman–Crippen MR) is 113 cm³/mol. The highest BCUT2D eigenvalue weighted by atomic mass is 32.1. The lowest BCUT2D eigenvalue weighted by Crippen LogP contribution is -2.34. The molecule has 6 heteroatoms. The normalized spacial score (nSPS) is 10.4. The Balaban J connectivity index is 1.93. The SMILES string of the molecule is CCCCOc1ccc(C(=O)NC(=S)Nc2ccccc2OC(C)C)cc1. The van der Waals surface area contributed by atoms with Crippen molar-refractivity contribution in [2.75, 3.05) is 11.9 Å². The monoisotopic (exact) mass is 386 g/mol. The number of rotatable bonds is 8. The Labute approximate surface area is 166 Å². The second-order valence-corrected chi connectivity index (χ2v) is 6.71. The molecule has 0 aliphatic heterocycles. The van der Waals surface area contributed by atoms with Crippen LogP contribution in [0.15, 0.2) is 48.5 Å². The van der Waals surface area contributed by atoms with Crippen molar-refractivity contribution in [3.05, 3.63) is 54.1 Å². The van der Waals surface area contributed by atoms with Crippen molar-refractivity contribution in [1.82, 2.24) is 5.32 Å². The number of hydrogen-bond acceptors (Lipinski definition) is 4. The minimum Gasteiger partial charge on any atom is -0.494 e. The van der Waals surface area contributed by atoms with E-state index in [9.17, 15) is 4.79 Å². The van der Waals surface area contributed by atoms with E-state index in [2.05, 4.69) is 17.6 Å². The van der Waals surface area contributed by atoms with Gasteiger partial charge in [0.2, 0.25) is 0 Å². The summed E-state index contributed by atoms with van der Waals surface area (Å²) in [5.74, 6) is 1.15. The number of amides is 1. The lowest BCUT2D eigenvalue weighted by atomic mass is 10.2. The van der Waals surface area contributed by atoms with Gasteiger partial charge in [-0.2, -0.15) is 0 Å². The Morgan fingerprint density at radius 3 is 2.48 bits per heavy atom. The minimum absolute atomic E-state index is 0.0363. The van der Waals surface area contributed by atoms with Crippen molar-refractivity contribution >= 4 is 28.9 Å². The second-order valence-electron chi connectivity index (χ2n) is 6.30. The molecule has 0 fully saturated rings. The number of carbonyl (C=O) groups is 1. The van der Waals surface area contributed by atoms with E-state index in [1.54, 1.807) is 24.3 Å². The van der Waals surface area contributed by atoms with Crippen LogP contribution in [-0.4, -0.2) is 23.7 Å². The highest BCUT2D eigenvalue weighted by Crippen LogP contribution is 2.24. The third-order valence-corrected chi connectivity index (χ3v) is 3.81. The van der Waals surface area contributed by atoms with Crippen LogP contribution in [0.1, 0.15) is 44.0 Å². The zero-order valence-corrected chi connectivity index (χ0v) is 16.8. The van der Waals surface area contributed by atoms with Crippen LogP contribution < -0.4 is 20.1 Å². The first kappa shape index (κ1) is 20.7. The fraction of sp³-hybridized carbons (Fsp3) is 0.333. The van der Waals surface area contributed by atoms with Crippen LogP contribution in [0, 0.1) is 0 Å². The summed E-state index contributed by atoms with van der Waals surface area (Å²) in [6.45, 7) is 6.69. The molecule has 0 aliphatic carbocycles. The van der Waals surface area contributed by atoms with Crippen LogP contribution in [0.3, 0.4) is 0 Å². The van der Waals surface area contributed by atoms with Crippen molar-refractivity contribution in [1.29, 1.82) is 0 Å². The molecule has 2 aromatic rings. The molecular formula is C21H26N2O3S. The van der Waals surface area contributed by atoms with Gasteiger partial charge in [0.25, 0.3) is 5.91 Å². The van der Waals surface area contributed by atoms with Crippen LogP contribution in [0.5, 0.6) is 11.5 Å². The maximum atomic E-state index is 12.4. The number of unbranched alkanes of at least 4 members (excludes halogenated alkanes) is 1. The van der Waals surface area contributed by atoms with Crippen molar-refractivity contribution in [2.24, 2.45) is 0 Å². The molecule has 0 aromatic heterocycles. The lowest BCUT2D eigenvalue weighted by molar-refractivity contribution is 0.0977. The summed E-state index contributed by atoms with van der Waals surface area (Å²) in [6.07, 6.45) is 2.12. The molecule has 0 spiro atoms. The van der Waals surface area contributed by atoms with Gasteiger partial charge in [0.05, 0.1) is 18.4 Å². The summed E-state index contributed by atoms with van der Waals surface area (Å²) in [7, 11) is 0. The lowest BCUT2D eigenvalue weighted by Gasteiger charge is -2.16. The largest absolute Gasteiger partial charge is 0.494 e. The summed E-state index contributed by atoms with van der Waals surface area (Å²) in [5.41, 5.74) is 1.21. The molecule has 2 N–H and O–H groups in total. The molecule has 0 aliphatic rings. The first-order valence-electron chi connectivity index (χ1n) is 9.10. The molecule has 2 rings (SSSR count). The minimum atomic E-state index is -0.283. The van der Waals surface area contributed by atoms with Gasteiger partial charge in [0.15, 0.2) is 5.11 Å². The average molecular weight is 387 g/mol. The number of anilines is 1. The van der Waals surface area contributed by atoms with Crippen molar-refractivity contribution in [3.8, 4) is 11.5 Å². The van der Waals surface area contributed by atoms with Gasteiger partial charge in [-0.05, 0) is 68.9 Å². The molecule has 0 saturated carbocycles. The molecule has 0 bridgehead atoms. The Kier molecular flexibility index (Phi) is 8.07. The van der Waals surface area contributed by atoms with Gasteiger partial charge in [0, 0.05) is 5.56 Å². The van der Waals surface area contributed by atoms with E-state index >= 15 is 0 Å². The van der Waals surface area contributed by atoms with E-state index in [1.165, 1.54) is 0 Å². The second kappa shape index (κ2) is 10.5. The molecule has 0 unspecified atom stereocenters. The molecule has 27 heavy (non-hydrogen) atoms. The van der Waals surface area contributed by atoms with Gasteiger partial charge in [-0.1, -0.05) is 25.5 Å². The van der Waals surface area contributed by atoms with E-state index in [0.29, 0.717) is 23.6 Å². The first-order valence-corrected chi connectivity index (χ1v) is 9.51. The number of hydrogen-bond donors (Lipinski definition) is 2. The molecule has 0 atom stereocenters. The van der Waals surface area contributed by atoms with Crippen LogP contribution in [0.25, 0.3) is 0 Å². The van der Waals surface area contributed by atoms with E-state index in [4.69, 9.17) is 21.7 Å². The van der Waals surface area contributed by atoms with E-state index in [0.717, 1.165) is 18.6 Å². The third kappa shape index (κ3) is 6.90. The fourth-order valence-electron chi connectivity index (χ4n) is 2.29. The standard InChI is InChI=1S/C21H26N2O3S/c1-4-5-14-25-17-12-10-16(11-13-17)20(24)23-21(27)22-18-8-6-7-9-19(18)26-15(2)3/h6-13,15H,4-5,14H2,1-3H3,(H2,22,23,24,27). The predicted octanol–water partition coefficient (Wildman–Crippen LogP) is 4.78. The fourth-order valence-corrected chi connectivity index (χ4v) is 2.50. The van der Waals surface area contributed by atoms with E-state index in [1.807, 2.05) is 38.1 Å². The number of thiocarbonyl (C=S) groups is 1. The van der Waals surface area contributed by atoms with Crippen molar-refractivity contribution < 1.29 is 14.3 Å². The molecular weight excluding hydrogens is 360 g/mol. The first-order chi connectivity index (χ1) is 13.0. The quantitative estimate of drug-likeness (QED) is 0.505. The van der Waals surface area contributed by atoms with Crippen molar-refractivity contribution in [3.63, 3.8) is 0 Å². The number of benzene rings is 2. The van der Waals surface area contributed by atoms with E-state index < -0.39 is 0 Å². The van der Waals surface area contributed by atoms with Crippen LogP contribution in [-0.2, 0) is 0 Å². The average Bonchev–Trinajstić information content (AvgIpc) is 2.63. The molecule has 2 aromatic carbocycles. The molecule has 0 radical (unpaired) electrons. The number of ether oxygens (including phenoxy) is 2. The Hall–Kier alpha value is -2.60. The van der Waals surface area contributed by atoms with E-state index in [-0.39, 0.29) is 17.1 Å². The Morgan fingerprint density at radius 1 is 1.11 bits per heavy atom. The highest BCUT2D eigenvalue weighted by molar-refractivity contribution is 7.80. The number of carbonyl (C=O) groups excluding carboxylic acids is 1. The number of nitrogens with one attached hydrogen (secondary N) is 2. The van der Waals surface area contributed by atoms with Gasteiger partial charge in [-0.3, -0.25) is 10.1 Å². The molecule has 5 nitrogen and oxygen atoms in total. The maximum absolute atomic E-state index is 12.4. The van der Waals surface area contributed by atoms with Gasteiger partial charge >= 0.3 is 0 Å². The molecule has 1 amide bonds. The van der Waals surface area contributed by atoms with Crippen LogP contribution >= 0.6 is 12.2 Å².